The number of carbonyl (C=O) groups is 1. The second kappa shape index (κ2) is 9.54. The number of halogens is 4. The van der Waals surface area contributed by atoms with E-state index in [2.05, 4.69) is 20.3 Å². The van der Waals surface area contributed by atoms with Gasteiger partial charge in [0.25, 0.3) is 0 Å². The first-order chi connectivity index (χ1) is 15.7. The molecule has 0 spiro atoms. The summed E-state index contributed by atoms with van der Waals surface area (Å²) in [6, 6.07) is 4.97. The van der Waals surface area contributed by atoms with Crippen LogP contribution >= 0.6 is 11.6 Å². The number of nitrogens with zero attached hydrogens (tertiary/aromatic N) is 4. The third-order valence-corrected chi connectivity index (χ3v) is 6.18. The molecule has 7 nitrogen and oxygen atoms in total. The zero-order chi connectivity index (χ0) is 23.6. The Labute approximate surface area is 193 Å². The summed E-state index contributed by atoms with van der Waals surface area (Å²) in [5.41, 5.74) is 0.948. The van der Waals surface area contributed by atoms with Gasteiger partial charge >= 0.3 is 12.1 Å². The lowest BCUT2D eigenvalue weighted by molar-refractivity contribution is -0.141. The first kappa shape index (κ1) is 23.3. The second-order valence-electron chi connectivity index (χ2n) is 8.14. The Balaban J connectivity index is 1.61. The highest BCUT2D eigenvalue weighted by atomic mass is 35.5. The number of hydrogen-bond donors (Lipinski definition) is 1. The number of alkyl halides is 3. The Morgan fingerprint density at radius 3 is 2.61 bits per heavy atom. The summed E-state index contributed by atoms with van der Waals surface area (Å²) in [6.07, 6.45) is 1.25. The van der Waals surface area contributed by atoms with Gasteiger partial charge in [-0.05, 0) is 54.5 Å². The summed E-state index contributed by atoms with van der Waals surface area (Å²) in [6.45, 7) is 0.282. The van der Waals surface area contributed by atoms with E-state index in [0.717, 1.165) is 31.4 Å². The first-order valence-electron chi connectivity index (χ1n) is 10.6. The van der Waals surface area contributed by atoms with E-state index in [9.17, 15) is 18.0 Å². The molecule has 176 valence electrons. The summed E-state index contributed by atoms with van der Waals surface area (Å²) in [5, 5.41) is 3.47. The molecule has 1 aliphatic carbocycles. The highest BCUT2D eigenvalue weighted by molar-refractivity contribution is 6.28. The average Bonchev–Trinajstić information content (AvgIpc) is 3.12. The number of fused-ring (bicyclic) bond motifs is 1. The van der Waals surface area contributed by atoms with E-state index in [1.807, 2.05) is 0 Å². The summed E-state index contributed by atoms with van der Waals surface area (Å²) in [5.74, 6) is 0.597. The van der Waals surface area contributed by atoms with Crippen molar-refractivity contribution in [3.05, 3.63) is 47.0 Å². The Bertz CT molecular complexity index is 1130. The summed E-state index contributed by atoms with van der Waals surface area (Å²) in [4.78, 5) is 24.5. The molecule has 2 aromatic heterocycles. The van der Waals surface area contributed by atoms with Crippen molar-refractivity contribution in [1.82, 2.24) is 19.5 Å². The number of benzene rings is 1. The Hall–Kier alpha value is -2.88. The third-order valence-electron chi connectivity index (χ3n) is 6.01. The van der Waals surface area contributed by atoms with Crippen LogP contribution in [-0.4, -0.2) is 38.6 Å². The minimum Gasteiger partial charge on any atom is -0.469 e. The van der Waals surface area contributed by atoms with Crippen LogP contribution in [0.25, 0.3) is 11.2 Å². The van der Waals surface area contributed by atoms with Crippen molar-refractivity contribution in [3.63, 3.8) is 0 Å². The van der Waals surface area contributed by atoms with Crippen LogP contribution in [0.1, 0.15) is 43.2 Å². The monoisotopic (exact) mass is 481 g/mol. The summed E-state index contributed by atoms with van der Waals surface area (Å²) in [7, 11) is 1.36. The van der Waals surface area contributed by atoms with E-state index in [-0.39, 0.29) is 30.3 Å². The molecule has 1 aliphatic rings. The largest absolute Gasteiger partial charge is 0.469 e. The predicted molar refractivity (Wildman–Crippen MR) is 117 cm³/mol. The topological polar surface area (TPSA) is 81.9 Å². The number of anilines is 1. The number of nitrogens with one attached hydrogen (secondary N) is 1. The van der Waals surface area contributed by atoms with Crippen LogP contribution in [0.2, 0.25) is 5.28 Å². The summed E-state index contributed by atoms with van der Waals surface area (Å²) >= 11 is 6.12. The molecule has 1 saturated carbocycles. The van der Waals surface area contributed by atoms with Gasteiger partial charge in [-0.3, -0.25) is 4.79 Å². The molecule has 0 amide bonds. The molecule has 0 unspecified atom stereocenters. The van der Waals surface area contributed by atoms with Crippen molar-refractivity contribution < 1.29 is 22.7 Å². The molecule has 2 heterocycles. The van der Waals surface area contributed by atoms with E-state index in [1.54, 1.807) is 10.9 Å². The lowest BCUT2D eigenvalue weighted by Crippen LogP contribution is -2.34. The maximum Gasteiger partial charge on any atom is 0.416 e. The number of hydrogen-bond acceptors (Lipinski definition) is 6. The van der Waals surface area contributed by atoms with E-state index in [1.165, 1.54) is 19.2 Å². The lowest BCUT2D eigenvalue weighted by atomic mass is 9.78. The van der Waals surface area contributed by atoms with Crippen LogP contribution in [0, 0.1) is 5.92 Å². The predicted octanol–water partition coefficient (Wildman–Crippen LogP) is 5.08. The number of ether oxygens (including phenoxy) is 1. The second-order valence-corrected chi connectivity index (χ2v) is 8.48. The zero-order valence-electron chi connectivity index (χ0n) is 17.9. The van der Waals surface area contributed by atoms with Gasteiger partial charge < -0.3 is 14.6 Å². The van der Waals surface area contributed by atoms with Crippen molar-refractivity contribution in [3.8, 4) is 0 Å². The number of methoxy groups -OCH3 is 1. The number of imidazole rings is 1. The molecule has 0 saturated heterocycles. The van der Waals surface area contributed by atoms with Crippen molar-refractivity contribution in [2.24, 2.45) is 5.92 Å². The van der Waals surface area contributed by atoms with E-state index in [0.29, 0.717) is 34.9 Å². The van der Waals surface area contributed by atoms with Gasteiger partial charge in [-0.25, -0.2) is 4.98 Å². The highest BCUT2D eigenvalue weighted by Crippen LogP contribution is 2.35. The highest BCUT2D eigenvalue weighted by Gasteiger charge is 2.30. The molecule has 3 aromatic rings. The lowest BCUT2D eigenvalue weighted by Gasteiger charge is -2.34. The number of aromatic nitrogens is 4. The van der Waals surface area contributed by atoms with Crippen LogP contribution < -0.4 is 5.32 Å². The molecule has 1 aromatic carbocycles. The zero-order valence-corrected chi connectivity index (χ0v) is 18.7. The molecule has 1 atom stereocenters. The van der Waals surface area contributed by atoms with Crippen molar-refractivity contribution in [2.45, 2.75) is 50.9 Å². The first-order valence-corrected chi connectivity index (χ1v) is 11.0. The fourth-order valence-electron chi connectivity index (χ4n) is 3.99. The SMILES string of the molecule is COC(=O)CC[C@@H](Nc1nc(Cl)nc2ncn(Cc3ccc(C(F)(F)F)cc3)c12)C1CCC1. The van der Waals surface area contributed by atoms with E-state index < -0.39 is 11.7 Å². The minimum atomic E-state index is -4.39. The molecule has 0 aliphatic heterocycles. The normalized spacial score (nSPS) is 15.3. The van der Waals surface area contributed by atoms with Gasteiger partial charge in [-0.2, -0.15) is 23.1 Å². The molecule has 1 N–H and O–H groups in total. The van der Waals surface area contributed by atoms with Gasteiger partial charge in [0.05, 0.1) is 19.0 Å². The Kier molecular flexibility index (Phi) is 6.73. The van der Waals surface area contributed by atoms with Crippen LogP contribution in [-0.2, 0) is 22.3 Å². The van der Waals surface area contributed by atoms with Crippen molar-refractivity contribution in [1.29, 1.82) is 0 Å². The standard InChI is InChI=1S/C22H23ClF3N5O2/c1-33-17(32)10-9-16(14-3-2-4-14)28-20-18-19(29-21(23)30-20)27-12-31(18)11-13-5-7-15(8-6-13)22(24,25)26/h5-8,12,14,16H,2-4,9-11H2,1H3,(H,28,29,30)/t16-/m1/s1. The maximum absolute atomic E-state index is 12.9. The van der Waals surface area contributed by atoms with E-state index >= 15 is 0 Å². The molecular weight excluding hydrogens is 459 g/mol. The van der Waals surface area contributed by atoms with Gasteiger partial charge in [-0.1, -0.05) is 18.6 Å². The van der Waals surface area contributed by atoms with Crippen molar-refractivity contribution >= 4 is 34.6 Å². The molecule has 11 heteroatoms. The van der Waals surface area contributed by atoms with Crippen LogP contribution in [0.4, 0.5) is 19.0 Å². The van der Waals surface area contributed by atoms with E-state index in [4.69, 9.17) is 16.3 Å². The third kappa shape index (κ3) is 5.38. The van der Waals surface area contributed by atoms with Gasteiger partial charge in [0.2, 0.25) is 5.28 Å². The van der Waals surface area contributed by atoms with Gasteiger partial charge in [-0.15, -0.1) is 0 Å². The smallest absolute Gasteiger partial charge is 0.416 e. The fourth-order valence-corrected chi connectivity index (χ4v) is 4.15. The van der Waals surface area contributed by atoms with Crippen LogP contribution in [0.3, 0.4) is 0 Å². The molecule has 0 bridgehead atoms. The van der Waals surface area contributed by atoms with Crippen LogP contribution in [0.15, 0.2) is 30.6 Å². The molecule has 4 rings (SSSR count). The van der Waals surface area contributed by atoms with Crippen molar-refractivity contribution in [2.75, 3.05) is 12.4 Å². The average molecular weight is 482 g/mol. The van der Waals surface area contributed by atoms with Gasteiger partial charge in [0, 0.05) is 19.0 Å². The van der Waals surface area contributed by atoms with Crippen LogP contribution in [0.5, 0.6) is 0 Å². The Morgan fingerprint density at radius 2 is 2.00 bits per heavy atom. The molecule has 0 radical (unpaired) electrons. The van der Waals surface area contributed by atoms with Gasteiger partial charge in [0.1, 0.15) is 5.52 Å². The minimum absolute atomic E-state index is 0.0126. The Morgan fingerprint density at radius 1 is 1.27 bits per heavy atom. The fraction of sp³-hybridized carbons (Fsp3) is 0.455. The van der Waals surface area contributed by atoms with Gasteiger partial charge in [0.15, 0.2) is 11.5 Å². The number of carbonyl (C=O) groups excluding carboxylic acids is 1. The molecule has 1 fully saturated rings. The molecular formula is C22H23ClF3N5O2. The maximum atomic E-state index is 12.9. The molecule has 33 heavy (non-hydrogen) atoms. The number of esters is 1. The number of rotatable bonds is 8. The summed E-state index contributed by atoms with van der Waals surface area (Å²) < 4.78 is 45.2. The quantitative estimate of drug-likeness (QED) is 0.357.